The van der Waals surface area contributed by atoms with Crippen molar-refractivity contribution >= 4 is 43.4 Å². The molecule has 0 saturated carbocycles. The summed E-state index contributed by atoms with van der Waals surface area (Å²) in [6.07, 6.45) is 1.43. The fourth-order valence-corrected chi connectivity index (χ4v) is 3.76. The van der Waals surface area contributed by atoms with Crippen molar-refractivity contribution in [2.24, 2.45) is 4.99 Å². The first kappa shape index (κ1) is 13.3. The molecule has 0 aliphatic rings. The monoisotopic (exact) mass is 351 g/mol. The Labute approximate surface area is 126 Å². The van der Waals surface area contributed by atoms with Crippen LogP contribution >= 0.6 is 27.3 Å². The van der Waals surface area contributed by atoms with Gasteiger partial charge in [0.1, 0.15) is 0 Å². The van der Waals surface area contributed by atoms with Crippen LogP contribution in [0.2, 0.25) is 0 Å². The van der Waals surface area contributed by atoms with Crippen molar-refractivity contribution in [3.05, 3.63) is 45.5 Å². The van der Waals surface area contributed by atoms with Crippen LogP contribution in [0.4, 0.5) is 0 Å². The van der Waals surface area contributed by atoms with Crippen molar-refractivity contribution in [3.8, 4) is 0 Å². The molecule has 3 rings (SSSR count). The Morgan fingerprint density at radius 3 is 3.05 bits per heavy atom. The van der Waals surface area contributed by atoms with E-state index in [1.165, 1.54) is 23.6 Å². The van der Waals surface area contributed by atoms with E-state index < -0.39 is 5.91 Å². The van der Waals surface area contributed by atoms with E-state index in [0.29, 0.717) is 4.80 Å². The SMILES string of the molecule is CCn1c(=NC(=O)c2ccno2)sc2cccc(Br)c21. The van der Waals surface area contributed by atoms with Crippen LogP contribution in [-0.2, 0) is 6.54 Å². The smallest absolute Gasteiger partial charge is 0.318 e. The fourth-order valence-electron chi connectivity index (χ4n) is 1.93. The summed E-state index contributed by atoms with van der Waals surface area (Å²) in [6.45, 7) is 2.74. The number of carbonyl (C=O) groups is 1. The number of hydrogen-bond acceptors (Lipinski definition) is 4. The molecule has 1 aromatic carbocycles. The zero-order valence-electron chi connectivity index (χ0n) is 10.5. The van der Waals surface area contributed by atoms with Crippen LogP contribution in [0.25, 0.3) is 10.2 Å². The molecule has 2 aromatic heterocycles. The highest BCUT2D eigenvalue weighted by atomic mass is 79.9. The molecule has 102 valence electrons. The van der Waals surface area contributed by atoms with Crippen molar-refractivity contribution in [1.82, 2.24) is 9.72 Å². The third-order valence-electron chi connectivity index (χ3n) is 2.81. The standard InChI is InChI=1S/C13H10BrN3O2S/c1-2-17-11-8(14)4-3-5-10(11)20-13(17)16-12(18)9-6-7-15-19-9/h3-7H,2H2,1H3. The van der Waals surface area contributed by atoms with Crippen LogP contribution in [-0.4, -0.2) is 15.6 Å². The molecule has 7 heteroatoms. The maximum Gasteiger partial charge on any atom is 0.318 e. The first-order valence-corrected chi connectivity index (χ1v) is 7.59. The summed E-state index contributed by atoms with van der Waals surface area (Å²) in [5, 5.41) is 3.52. The highest BCUT2D eigenvalue weighted by Gasteiger charge is 2.12. The highest BCUT2D eigenvalue weighted by molar-refractivity contribution is 9.10. The van der Waals surface area contributed by atoms with Gasteiger partial charge in [0.15, 0.2) is 4.80 Å². The van der Waals surface area contributed by atoms with Gasteiger partial charge in [0.2, 0.25) is 5.76 Å². The van der Waals surface area contributed by atoms with Gasteiger partial charge in [-0.05, 0) is 35.0 Å². The third kappa shape index (κ3) is 2.23. The van der Waals surface area contributed by atoms with E-state index in [1.807, 2.05) is 29.7 Å². The number of para-hydroxylation sites is 1. The summed E-state index contributed by atoms with van der Waals surface area (Å²) in [5.74, 6) is -0.281. The largest absolute Gasteiger partial charge is 0.351 e. The molecule has 0 fully saturated rings. The number of aromatic nitrogens is 2. The number of thiazole rings is 1. The Balaban J connectivity index is 2.21. The van der Waals surface area contributed by atoms with Crippen LogP contribution in [0, 0.1) is 0 Å². The van der Waals surface area contributed by atoms with Crippen LogP contribution in [0.15, 0.2) is 44.5 Å². The lowest BCUT2D eigenvalue weighted by Gasteiger charge is -2.01. The lowest BCUT2D eigenvalue weighted by atomic mass is 10.3. The molecule has 0 atom stereocenters. The molecular weight excluding hydrogens is 342 g/mol. The van der Waals surface area contributed by atoms with Gasteiger partial charge in [-0.2, -0.15) is 4.99 Å². The normalized spacial score (nSPS) is 12.2. The van der Waals surface area contributed by atoms with Gasteiger partial charge in [0, 0.05) is 17.1 Å². The van der Waals surface area contributed by atoms with Gasteiger partial charge in [-0.1, -0.05) is 22.6 Å². The number of nitrogens with zero attached hydrogens (tertiary/aromatic N) is 3. The topological polar surface area (TPSA) is 60.4 Å². The van der Waals surface area contributed by atoms with Gasteiger partial charge in [0.25, 0.3) is 0 Å². The Hall–Kier alpha value is -1.73. The minimum Gasteiger partial charge on any atom is -0.351 e. The van der Waals surface area contributed by atoms with Gasteiger partial charge >= 0.3 is 5.91 Å². The Bertz CT molecular complexity index is 833. The van der Waals surface area contributed by atoms with Gasteiger partial charge in [-0.15, -0.1) is 0 Å². The number of halogens is 1. The molecule has 0 N–H and O–H groups in total. The van der Waals surface area contributed by atoms with Crippen molar-refractivity contribution in [2.75, 3.05) is 0 Å². The van der Waals surface area contributed by atoms with E-state index in [2.05, 4.69) is 26.1 Å². The average molecular weight is 352 g/mol. The summed E-state index contributed by atoms with van der Waals surface area (Å²) < 4.78 is 8.89. The average Bonchev–Trinajstić information content (AvgIpc) is 3.05. The number of carbonyl (C=O) groups excluding carboxylic acids is 1. The number of rotatable bonds is 2. The number of hydrogen-bond donors (Lipinski definition) is 0. The molecule has 5 nitrogen and oxygen atoms in total. The maximum absolute atomic E-state index is 12.0. The van der Waals surface area contributed by atoms with Crippen molar-refractivity contribution < 1.29 is 9.32 Å². The first-order valence-electron chi connectivity index (χ1n) is 5.98. The second kappa shape index (κ2) is 5.34. The molecule has 0 radical (unpaired) electrons. The predicted molar refractivity (Wildman–Crippen MR) is 79.6 cm³/mol. The fraction of sp³-hybridized carbons (Fsp3) is 0.154. The van der Waals surface area contributed by atoms with E-state index >= 15 is 0 Å². The summed E-state index contributed by atoms with van der Waals surface area (Å²) in [4.78, 5) is 16.8. The molecule has 0 saturated heterocycles. The molecule has 1 amide bonds. The van der Waals surface area contributed by atoms with Gasteiger partial charge < -0.3 is 9.09 Å². The second-order valence-electron chi connectivity index (χ2n) is 4.01. The minimum atomic E-state index is -0.424. The van der Waals surface area contributed by atoms with Gasteiger partial charge in [0.05, 0.1) is 16.4 Å². The van der Waals surface area contributed by atoms with Crippen LogP contribution in [0.3, 0.4) is 0 Å². The van der Waals surface area contributed by atoms with Crippen LogP contribution < -0.4 is 4.80 Å². The Kier molecular flexibility index (Phi) is 3.54. The van der Waals surface area contributed by atoms with E-state index in [1.54, 1.807) is 0 Å². The molecule has 0 spiro atoms. The van der Waals surface area contributed by atoms with Crippen molar-refractivity contribution in [3.63, 3.8) is 0 Å². The second-order valence-corrected chi connectivity index (χ2v) is 5.87. The lowest BCUT2D eigenvalue weighted by Crippen LogP contribution is -2.15. The van der Waals surface area contributed by atoms with E-state index in [-0.39, 0.29) is 5.76 Å². The molecule has 0 aliphatic heterocycles. The quantitative estimate of drug-likeness (QED) is 0.712. The molecule has 2 heterocycles. The maximum atomic E-state index is 12.0. The van der Waals surface area contributed by atoms with E-state index in [9.17, 15) is 4.79 Å². The predicted octanol–water partition coefficient (Wildman–Crippen LogP) is 3.21. The summed E-state index contributed by atoms with van der Waals surface area (Å²) in [5.41, 5.74) is 1.05. The van der Waals surface area contributed by atoms with E-state index in [4.69, 9.17) is 4.52 Å². The van der Waals surface area contributed by atoms with Crippen molar-refractivity contribution in [1.29, 1.82) is 0 Å². The van der Waals surface area contributed by atoms with Crippen LogP contribution in [0.1, 0.15) is 17.5 Å². The molecule has 3 aromatic rings. The summed E-state index contributed by atoms with van der Waals surface area (Å²) >= 11 is 5.01. The number of benzene rings is 1. The third-order valence-corrected chi connectivity index (χ3v) is 4.50. The minimum absolute atomic E-state index is 0.143. The number of aryl methyl sites for hydroxylation is 1. The molecular formula is C13H10BrN3O2S. The molecule has 20 heavy (non-hydrogen) atoms. The number of fused-ring (bicyclic) bond motifs is 1. The van der Waals surface area contributed by atoms with Gasteiger partial charge in [-0.3, -0.25) is 4.79 Å². The number of amides is 1. The summed E-state index contributed by atoms with van der Waals surface area (Å²) in [6, 6.07) is 7.45. The summed E-state index contributed by atoms with van der Waals surface area (Å²) in [7, 11) is 0. The molecule has 0 bridgehead atoms. The van der Waals surface area contributed by atoms with Crippen LogP contribution in [0.5, 0.6) is 0 Å². The Morgan fingerprint density at radius 2 is 2.35 bits per heavy atom. The van der Waals surface area contributed by atoms with Crippen molar-refractivity contribution in [2.45, 2.75) is 13.5 Å². The first-order chi connectivity index (χ1) is 9.70. The van der Waals surface area contributed by atoms with Gasteiger partial charge in [-0.25, -0.2) is 0 Å². The zero-order chi connectivity index (χ0) is 14.1. The highest BCUT2D eigenvalue weighted by Crippen LogP contribution is 2.25. The van der Waals surface area contributed by atoms with E-state index in [0.717, 1.165) is 21.2 Å². The molecule has 0 aliphatic carbocycles. The zero-order valence-corrected chi connectivity index (χ0v) is 12.9. The Morgan fingerprint density at radius 1 is 1.50 bits per heavy atom. The lowest BCUT2D eigenvalue weighted by molar-refractivity contribution is 0.0962. The molecule has 0 unspecified atom stereocenters.